The van der Waals surface area contributed by atoms with Crippen molar-refractivity contribution in [2.45, 2.75) is 31.9 Å². The Morgan fingerprint density at radius 1 is 1.36 bits per heavy atom. The number of rotatable bonds is 4. The number of carbonyl (C=O) groups excluding carboxylic acids is 1. The van der Waals surface area contributed by atoms with Crippen LogP contribution in [0.1, 0.15) is 42.2 Å². The summed E-state index contributed by atoms with van der Waals surface area (Å²) >= 11 is 0. The predicted octanol–water partition coefficient (Wildman–Crippen LogP) is 2.96. The van der Waals surface area contributed by atoms with Gasteiger partial charge >= 0.3 is 0 Å². The number of carbonyl (C=O) groups is 1. The zero-order valence-electron chi connectivity index (χ0n) is 12.7. The quantitative estimate of drug-likeness (QED) is 0.943. The van der Waals surface area contributed by atoms with Gasteiger partial charge in [0.05, 0.1) is 25.2 Å². The van der Waals surface area contributed by atoms with Crippen molar-refractivity contribution in [2.75, 3.05) is 6.61 Å². The highest BCUT2D eigenvalue weighted by Crippen LogP contribution is 2.29. The van der Waals surface area contributed by atoms with Gasteiger partial charge in [-0.25, -0.2) is 0 Å². The second-order valence-corrected chi connectivity index (χ2v) is 5.59. The molecule has 22 heavy (non-hydrogen) atoms. The first kappa shape index (κ1) is 14.7. The molecule has 4 nitrogen and oxygen atoms in total. The van der Waals surface area contributed by atoms with E-state index < -0.39 is 0 Å². The molecule has 1 N–H and O–H groups in total. The van der Waals surface area contributed by atoms with E-state index in [0.29, 0.717) is 13.0 Å². The average molecular weight is 296 g/mol. The monoisotopic (exact) mass is 296 g/mol. The minimum Gasteiger partial charge on any atom is -0.373 e. The maximum Gasteiger partial charge on any atom is 0.223 e. The lowest BCUT2D eigenvalue weighted by Crippen LogP contribution is -2.29. The van der Waals surface area contributed by atoms with Crippen molar-refractivity contribution >= 4 is 5.91 Å². The Morgan fingerprint density at radius 3 is 3.05 bits per heavy atom. The fourth-order valence-corrected chi connectivity index (χ4v) is 2.83. The Hall–Kier alpha value is -2.20. The number of aromatic nitrogens is 1. The smallest absolute Gasteiger partial charge is 0.223 e. The van der Waals surface area contributed by atoms with Crippen molar-refractivity contribution in [2.24, 2.45) is 0 Å². The molecule has 0 fully saturated rings. The first-order valence-electron chi connectivity index (χ1n) is 7.62. The van der Waals surface area contributed by atoms with E-state index in [1.165, 1.54) is 5.56 Å². The molecule has 2 unspecified atom stereocenters. The number of nitrogens with zero attached hydrogens (tertiary/aromatic N) is 1. The standard InChI is InChI=1S/C18H20N2O2/c1-13(15-6-4-9-19-12-15)20-18(21)11-17-16-7-3-2-5-14(16)8-10-22-17/h2-7,9,12-13,17H,8,10-11H2,1H3,(H,20,21). The van der Waals surface area contributed by atoms with Crippen LogP contribution in [0.4, 0.5) is 0 Å². The van der Waals surface area contributed by atoms with E-state index in [4.69, 9.17) is 4.74 Å². The van der Waals surface area contributed by atoms with Gasteiger partial charge in [-0.05, 0) is 36.1 Å². The van der Waals surface area contributed by atoms with Gasteiger partial charge in [-0.15, -0.1) is 0 Å². The van der Waals surface area contributed by atoms with E-state index in [1.54, 1.807) is 12.4 Å². The van der Waals surface area contributed by atoms with E-state index in [0.717, 1.165) is 17.5 Å². The van der Waals surface area contributed by atoms with Gasteiger partial charge in [0.25, 0.3) is 0 Å². The van der Waals surface area contributed by atoms with E-state index in [-0.39, 0.29) is 18.1 Å². The third-order valence-corrected chi connectivity index (χ3v) is 4.03. The number of nitrogens with one attached hydrogen (secondary N) is 1. The molecule has 2 heterocycles. The van der Waals surface area contributed by atoms with Gasteiger partial charge in [-0.1, -0.05) is 30.3 Å². The van der Waals surface area contributed by atoms with Crippen molar-refractivity contribution in [3.05, 3.63) is 65.5 Å². The number of ether oxygens (including phenoxy) is 1. The lowest BCUT2D eigenvalue weighted by molar-refractivity contribution is -0.125. The van der Waals surface area contributed by atoms with Gasteiger partial charge in [-0.3, -0.25) is 9.78 Å². The molecule has 0 aliphatic carbocycles. The van der Waals surface area contributed by atoms with Crippen LogP contribution >= 0.6 is 0 Å². The maximum absolute atomic E-state index is 12.3. The fraction of sp³-hybridized carbons (Fsp3) is 0.333. The van der Waals surface area contributed by atoms with E-state index in [2.05, 4.69) is 22.4 Å². The van der Waals surface area contributed by atoms with Crippen LogP contribution in [0.15, 0.2) is 48.8 Å². The summed E-state index contributed by atoms with van der Waals surface area (Å²) in [6.07, 6.45) is 4.62. The lowest BCUT2D eigenvalue weighted by atomic mass is 9.95. The van der Waals surface area contributed by atoms with Gasteiger partial charge < -0.3 is 10.1 Å². The summed E-state index contributed by atoms with van der Waals surface area (Å²) in [6.45, 7) is 2.64. The molecule has 1 aliphatic rings. The first-order valence-corrected chi connectivity index (χ1v) is 7.62. The number of benzene rings is 1. The van der Waals surface area contributed by atoms with Crippen LogP contribution < -0.4 is 5.32 Å². The third kappa shape index (κ3) is 3.34. The van der Waals surface area contributed by atoms with E-state index in [1.807, 2.05) is 31.2 Å². The second-order valence-electron chi connectivity index (χ2n) is 5.59. The Bertz CT molecular complexity index is 643. The van der Waals surface area contributed by atoms with Crippen molar-refractivity contribution in [3.8, 4) is 0 Å². The van der Waals surface area contributed by atoms with Gasteiger partial charge in [0.2, 0.25) is 5.91 Å². The zero-order valence-corrected chi connectivity index (χ0v) is 12.7. The van der Waals surface area contributed by atoms with Gasteiger partial charge in [-0.2, -0.15) is 0 Å². The van der Waals surface area contributed by atoms with Gasteiger partial charge in [0.1, 0.15) is 0 Å². The van der Waals surface area contributed by atoms with Crippen LogP contribution in [0, 0.1) is 0 Å². The Morgan fingerprint density at radius 2 is 2.23 bits per heavy atom. The fourth-order valence-electron chi connectivity index (χ4n) is 2.83. The molecule has 1 aliphatic heterocycles. The van der Waals surface area contributed by atoms with Crippen LogP contribution in [0.25, 0.3) is 0 Å². The molecule has 1 aromatic carbocycles. The number of fused-ring (bicyclic) bond motifs is 1. The highest BCUT2D eigenvalue weighted by atomic mass is 16.5. The molecule has 114 valence electrons. The van der Waals surface area contributed by atoms with Crippen molar-refractivity contribution in [3.63, 3.8) is 0 Å². The Balaban J connectivity index is 1.63. The number of hydrogen-bond donors (Lipinski definition) is 1. The van der Waals surface area contributed by atoms with E-state index >= 15 is 0 Å². The molecule has 3 rings (SSSR count). The molecular formula is C18H20N2O2. The molecule has 4 heteroatoms. The summed E-state index contributed by atoms with van der Waals surface area (Å²) in [4.78, 5) is 16.4. The summed E-state index contributed by atoms with van der Waals surface area (Å²) < 4.78 is 5.79. The highest BCUT2D eigenvalue weighted by molar-refractivity contribution is 5.77. The van der Waals surface area contributed by atoms with E-state index in [9.17, 15) is 4.79 Å². The minimum atomic E-state index is -0.147. The topological polar surface area (TPSA) is 51.2 Å². The summed E-state index contributed by atoms with van der Waals surface area (Å²) in [6, 6.07) is 12.0. The molecular weight excluding hydrogens is 276 g/mol. The van der Waals surface area contributed by atoms with Crippen molar-refractivity contribution < 1.29 is 9.53 Å². The van der Waals surface area contributed by atoms with Crippen LogP contribution in [-0.2, 0) is 16.0 Å². The van der Waals surface area contributed by atoms with Crippen molar-refractivity contribution in [1.82, 2.24) is 10.3 Å². The summed E-state index contributed by atoms with van der Waals surface area (Å²) in [5.74, 6) is -0.00180. The predicted molar refractivity (Wildman–Crippen MR) is 84.3 cm³/mol. The third-order valence-electron chi connectivity index (χ3n) is 4.03. The summed E-state index contributed by atoms with van der Waals surface area (Å²) in [5, 5.41) is 3.02. The molecule has 0 saturated heterocycles. The maximum atomic E-state index is 12.3. The van der Waals surface area contributed by atoms with Gasteiger partial charge in [0.15, 0.2) is 0 Å². The summed E-state index contributed by atoms with van der Waals surface area (Å²) in [7, 11) is 0. The Kier molecular flexibility index (Phi) is 4.49. The zero-order chi connectivity index (χ0) is 15.4. The molecule has 0 radical (unpaired) electrons. The van der Waals surface area contributed by atoms with Crippen LogP contribution in [0.3, 0.4) is 0 Å². The molecule has 0 saturated carbocycles. The van der Waals surface area contributed by atoms with Crippen molar-refractivity contribution in [1.29, 1.82) is 0 Å². The molecule has 0 spiro atoms. The SMILES string of the molecule is CC(NC(=O)CC1OCCc2ccccc21)c1cccnc1. The molecule has 0 bridgehead atoms. The Labute approximate surface area is 130 Å². The molecule has 2 aromatic rings. The highest BCUT2D eigenvalue weighted by Gasteiger charge is 2.23. The average Bonchev–Trinajstić information content (AvgIpc) is 2.56. The van der Waals surface area contributed by atoms with Gasteiger partial charge in [0, 0.05) is 12.4 Å². The molecule has 1 aromatic heterocycles. The van der Waals surface area contributed by atoms with Crippen LogP contribution in [0.2, 0.25) is 0 Å². The normalized spacial score (nSPS) is 18.3. The number of amides is 1. The number of hydrogen-bond acceptors (Lipinski definition) is 3. The van der Waals surface area contributed by atoms with Crippen LogP contribution in [-0.4, -0.2) is 17.5 Å². The summed E-state index contributed by atoms with van der Waals surface area (Å²) in [5.41, 5.74) is 3.42. The first-order chi connectivity index (χ1) is 10.7. The second kappa shape index (κ2) is 6.71. The minimum absolute atomic E-state index is 0.00180. The number of pyridine rings is 1. The van der Waals surface area contributed by atoms with Crippen LogP contribution in [0.5, 0.6) is 0 Å². The molecule has 1 amide bonds. The lowest BCUT2D eigenvalue weighted by Gasteiger charge is -2.26. The largest absolute Gasteiger partial charge is 0.373 e. The molecule has 2 atom stereocenters.